The lowest BCUT2D eigenvalue weighted by Gasteiger charge is -2.21. The van der Waals surface area contributed by atoms with E-state index < -0.39 is 0 Å². The average Bonchev–Trinajstić information content (AvgIpc) is 2.47. The molecule has 0 atom stereocenters. The Kier molecular flexibility index (Phi) is 4.43. The summed E-state index contributed by atoms with van der Waals surface area (Å²) in [4.78, 5) is 2.08. The minimum atomic E-state index is 0.428. The molecule has 0 spiro atoms. The molecule has 0 aliphatic heterocycles. The summed E-state index contributed by atoms with van der Waals surface area (Å²) in [5.41, 5.74) is 3.78. The van der Waals surface area contributed by atoms with Crippen LogP contribution in [0, 0.1) is 11.3 Å². The Balaban J connectivity index is 2.24. The van der Waals surface area contributed by atoms with E-state index in [9.17, 15) is 5.26 Å². The van der Waals surface area contributed by atoms with Crippen LogP contribution < -0.4 is 4.90 Å². The van der Waals surface area contributed by atoms with Crippen molar-refractivity contribution in [3.63, 3.8) is 0 Å². The van der Waals surface area contributed by atoms with Crippen LogP contribution in [0.25, 0.3) is 0 Å². The van der Waals surface area contributed by atoms with Crippen LogP contribution >= 0.6 is 11.6 Å². The molecule has 0 bridgehead atoms. The Hall–Kier alpha value is -1.98. The molecule has 0 N–H and O–H groups in total. The van der Waals surface area contributed by atoms with E-state index in [1.165, 1.54) is 5.56 Å². The van der Waals surface area contributed by atoms with Gasteiger partial charge in [0.15, 0.2) is 0 Å². The van der Waals surface area contributed by atoms with Crippen LogP contribution in [0.5, 0.6) is 0 Å². The van der Waals surface area contributed by atoms with E-state index in [2.05, 4.69) is 23.1 Å². The number of halogens is 1. The largest absolute Gasteiger partial charge is 0.369 e. The highest BCUT2D eigenvalue weighted by atomic mass is 35.5. The first-order chi connectivity index (χ1) is 9.24. The molecule has 0 radical (unpaired) electrons. The molecule has 0 aliphatic rings. The van der Waals surface area contributed by atoms with E-state index in [4.69, 9.17) is 11.6 Å². The predicted octanol–water partition coefficient (Wildman–Crippen LogP) is 3.93. The van der Waals surface area contributed by atoms with E-state index in [-0.39, 0.29) is 0 Å². The van der Waals surface area contributed by atoms with Gasteiger partial charge in [-0.15, -0.1) is 11.6 Å². The summed E-state index contributed by atoms with van der Waals surface area (Å²) in [6.07, 6.45) is 0. The highest BCUT2D eigenvalue weighted by Crippen LogP contribution is 2.22. The highest BCUT2D eigenvalue weighted by molar-refractivity contribution is 6.17. The van der Waals surface area contributed by atoms with E-state index >= 15 is 0 Å². The summed E-state index contributed by atoms with van der Waals surface area (Å²) >= 11 is 5.79. The predicted molar refractivity (Wildman–Crippen MR) is 79.3 cm³/mol. The second-order valence-electron chi connectivity index (χ2n) is 4.44. The minimum Gasteiger partial charge on any atom is -0.369 e. The summed E-state index contributed by atoms with van der Waals surface area (Å²) in [6.45, 7) is 0.774. The lowest BCUT2D eigenvalue weighted by molar-refractivity contribution is 0.920. The normalized spacial score (nSPS) is 9.95. The number of nitrogens with zero attached hydrogens (tertiary/aromatic N) is 2. The Morgan fingerprint density at radius 3 is 2.47 bits per heavy atom. The zero-order valence-corrected chi connectivity index (χ0v) is 11.6. The molecule has 19 heavy (non-hydrogen) atoms. The van der Waals surface area contributed by atoms with Gasteiger partial charge >= 0.3 is 0 Å². The number of anilines is 1. The SMILES string of the molecule is CN(Cc1ccccc1)c1ccc(CCl)cc1C#N. The number of hydrogen-bond donors (Lipinski definition) is 0. The third kappa shape index (κ3) is 3.27. The van der Waals surface area contributed by atoms with Gasteiger partial charge in [0.25, 0.3) is 0 Å². The summed E-state index contributed by atoms with van der Waals surface area (Å²) in [5.74, 6) is 0.428. The van der Waals surface area contributed by atoms with Crippen molar-refractivity contribution in [2.75, 3.05) is 11.9 Å². The van der Waals surface area contributed by atoms with Gasteiger partial charge in [-0.3, -0.25) is 0 Å². The highest BCUT2D eigenvalue weighted by Gasteiger charge is 2.08. The maximum absolute atomic E-state index is 9.23. The Bertz CT molecular complexity index is 587. The summed E-state index contributed by atoms with van der Waals surface area (Å²) < 4.78 is 0. The summed E-state index contributed by atoms with van der Waals surface area (Å²) in [5, 5.41) is 9.23. The van der Waals surface area contributed by atoms with E-state index in [1.54, 1.807) is 0 Å². The molecule has 0 saturated heterocycles. The van der Waals surface area contributed by atoms with Crippen LogP contribution in [0.2, 0.25) is 0 Å². The molecule has 0 aromatic heterocycles. The number of hydrogen-bond acceptors (Lipinski definition) is 2. The van der Waals surface area contributed by atoms with Gasteiger partial charge in [-0.05, 0) is 23.3 Å². The van der Waals surface area contributed by atoms with E-state index in [0.717, 1.165) is 17.8 Å². The Labute approximate surface area is 118 Å². The fourth-order valence-electron chi connectivity index (χ4n) is 2.03. The third-order valence-corrected chi connectivity index (χ3v) is 3.32. The molecule has 0 aliphatic carbocycles. The fraction of sp³-hybridized carbons (Fsp3) is 0.188. The van der Waals surface area contributed by atoms with Crippen LogP contribution in [0.4, 0.5) is 5.69 Å². The minimum absolute atomic E-state index is 0.428. The molecule has 0 amide bonds. The molecule has 96 valence electrons. The van der Waals surface area contributed by atoms with Crippen LogP contribution in [0.15, 0.2) is 48.5 Å². The quantitative estimate of drug-likeness (QED) is 0.787. The van der Waals surface area contributed by atoms with Crippen molar-refractivity contribution in [1.29, 1.82) is 5.26 Å². The zero-order valence-electron chi connectivity index (χ0n) is 10.8. The van der Waals surface area contributed by atoms with Gasteiger partial charge < -0.3 is 4.90 Å². The molecule has 0 saturated carbocycles. The number of alkyl halides is 1. The molecular weight excluding hydrogens is 256 g/mol. The number of benzene rings is 2. The Morgan fingerprint density at radius 1 is 1.11 bits per heavy atom. The average molecular weight is 271 g/mol. The number of nitriles is 1. The monoisotopic (exact) mass is 270 g/mol. The van der Waals surface area contributed by atoms with Gasteiger partial charge in [0, 0.05) is 19.5 Å². The second-order valence-corrected chi connectivity index (χ2v) is 4.71. The molecule has 0 fully saturated rings. The molecule has 0 unspecified atom stereocenters. The molecule has 2 nitrogen and oxygen atoms in total. The molecule has 2 rings (SSSR count). The first kappa shape index (κ1) is 13.5. The van der Waals surface area contributed by atoms with Crippen LogP contribution in [0.3, 0.4) is 0 Å². The third-order valence-electron chi connectivity index (χ3n) is 3.01. The molecule has 0 heterocycles. The van der Waals surface area contributed by atoms with Gasteiger partial charge in [0.05, 0.1) is 11.3 Å². The lowest BCUT2D eigenvalue weighted by Crippen LogP contribution is -2.17. The molecule has 2 aromatic carbocycles. The van der Waals surface area contributed by atoms with Crippen molar-refractivity contribution in [1.82, 2.24) is 0 Å². The van der Waals surface area contributed by atoms with Gasteiger partial charge in [0.2, 0.25) is 0 Å². The maximum Gasteiger partial charge on any atom is 0.101 e. The topological polar surface area (TPSA) is 27.0 Å². The molecular formula is C16H15ClN2. The standard InChI is InChI=1S/C16H15ClN2/c1-19(12-13-5-3-2-4-6-13)16-8-7-14(10-17)9-15(16)11-18/h2-9H,10,12H2,1H3. The Morgan fingerprint density at radius 2 is 1.84 bits per heavy atom. The van der Waals surface area contributed by atoms with Gasteiger partial charge in [-0.25, -0.2) is 0 Å². The van der Waals surface area contributed by atoms with Crippen molar-refractivity contribution in [2.45, 2.75) is 12.4 Å². The first-order valence-corrected chi connectivity index (χ1v) is 6.62. The smallest absolute Gasteiger partial charge is 0.101 e. The summed E-state index contributed by atoms with van der Waals surface area (Å²) in [7, 11) is 1.99. The molecule has 3 heteroatoms. The van der Waals surface area contributed by atoms with Gasteiger partial charge in [0.1, 0.15) is 6.07 Å². The fourth-order valence-corrected chi connectivity index (χ4v) is 2.20. The van der Waals surface area contributed by atoms with Crippen molar-refractivity contribution in [3.05, 3.63) is 65.2 Å². The summed E-state index contributed by atoms with van der Waals surface area (Å²) in [6, 6.07) is 18.2. The van der Waals surface area contributed by atoms with Crippen molar-refractivity contribution in [3.8, 4) is 6.07 Å². The zero-order chi connectivity index (χ0) is 13.7. The first-order valence-electron chi connectivity index (χ1n) is 6.08. The number of rotatable bonds is 4. The van der Waals surface area contributed by atoms with Crippen LogP contribution in [-0.2, 0) is 12.4 Å². The molecule has 2 aromatic rings. The van der Waals surface area contributed by atoms with E-state index in [1.807, 2.05) is 43.4 Å². The van der Waals surface area contributed by atoms with Crippen molar-refractivity contribution < 1.29 is 0 Å². The van der Waals surface area contributed by atoms with E-state index in [0.29, 0.717) is 11.4 Å². The van der Waals surface area contributed by atoms with Crippen molar-refractivity contribution in [2.24, 2.45) is 0 Å². The second kappa shape index (κ2) is 6.26. The maximum atomic E-state index is 9.23. The van der Waals surface area contributed by atoms with Crippen molar-refractivity contribution >= 4 is 17.3 Å². The van der Waals surface area contributed by atoms with Crippen LogP contribution in [-0.4, -0.2) is 7.05 Å². The van der Waals surface area contributed by atoms with Crippen LogP contribution in [0.1, 0.15) is 16.7 Å². The van der Waals surface area contributed by atoms with Gasteiger partial charge in [-0.2, -0.15) is 5.26 Å². The van der Waals surface area contributed by atoms with Gasteiger partial charge in [-0.1, -0.05) is 36.4 Å². The lowest BCUT2D eigenvalue weighted by atomic mass is 10.1.